The van der Waals surface area contributed by atoms with E-state index in [1.807, 2.05) is 0 Å². The lowest BCUT2D eigenvalue weighted by Crippen LogP contribution is -2.46. The lowest BCUT2D eigenvalue weighted by Gasteiger charge is -2.49. The molecule has 0 bridgehead atoms. The summed E-state index contributed by atoms with van der Waals surface area (Å²) in [7, 11) is 2.10. The highest BCUT2D eigenvalue weighted by atomic mass is 35.5. The smallest absolute Gasteiger partial charge is 0.123 e. The van der Waals surface area contributed by atoms with Gasteiger partial charge in [0.25, 0.3) is 0 Å². The van der Waals surface area contributed by atoms with Gasteiger partial charge in [0.1, 0.15) is 21.7 Å². The monoisotopic (exact) mass is 1170 g/mol. The first-order valence-corrected chi connectivity index (χ1v) is 36.0. The molecule has 0 spiro atoms. The Labute approximate surface area is 484 Å². The third-order valence-electron chi connectivity index (χ3n) is 13.6. The zero-order chi connectivity index (χ0) is 58.9. The molecule has 12 heteroatoms. The van der Waals surface area contributed by atoms with E-state index in [9.17, 15) is 0 Å². The minimum absolute atomic E-state index is 0.0190. The highest BCUT2D eigenvalue weighted by molar-refractivity contribution is 8.25. The minimum Gasteiger partial charge on any atom is -0.254 e. The maximum Gasteiger partial charge on any atom is 0.123 e. The first-order valence-electron chi connectivity index (χ1n) is 28.0. The molecular weight excluding hydrogens is 1060 g/mol. The van der Waals surface area contributed by atoms with Crippen LogP contribution in [0.25, 0.3) is 0 Å². The number of rotatable bonds is 16. The van der Waals surface area contributed by atoms with Gasteiger partial charge in [-0.2, -0.15) is 0 Å². The van der Waals surface area contributed by atoms with Crippen LogP contribution in [0.2, 0.25) is 0 Å². The van der Waals surface area contributed by atoms with E-state index < -0.39 is 12.7 Å². The van der Waals surface area contributed by atoms with Crippen molar-refractivity contribution in [2.45, 2.75) is 316 Å². The Morgan fingerprint density at radius 1 is 0.338 bits per heavy atom. The molecule has 2 rings (SSSR count). The molecule has 0 radical (unpaired) electrons. The van der Waals surface area contributed by atoms with Crippen molar-refractivity contribution in [2.24, 2.45) is 0 Å². The van der Waals surface area contributed by atoms with Gasteiger partial charge in [0.05, 0.1) is 0 Å². The molecule has 0 unspecified atom stereocenters. The Bertz CT molecular complexity index is 2020. The fourth-order valence-corrected chi connectivity index (χ4v) is 28.9. The summed E-state index contributed by atoms with van der Waals surface area (Å²) < 4.78 is 12.0. The van der Waals surface area contributed by atoms with Gasteiger partial charge in [-0.05, 0) is 193 Å². The fourth-order valence-electron chi connectivity index (χ4n) is 10.5. The van der Waals surface area contributed by atoms with Crippen molar-refractivity contribution in [1.82, 2.24) is 18.7 Å². The highest BCUT2D eigenvalue weighted by Gasteiger charge is 2.44. The third-order valence-corrected chi connectivity index (χ3v) is 31.5. The lowest BCUT2D eigenvalue weighted by atomic mass is 9.75. The van der Waals surface area contributed by atoms with Gasteiger partial charge in [-0.25, -0.2) is 0 Å². The molecule has 428 valence electrons. The molecule has 2 aromatic rings. The normalized spacial score (nSPS) is 14.9. The molecule has 0 saturated carbocycles. The number of hydrogen-bond donors (Lipinski definition) is 0. The van der Waals surface area contributed by atoms with E-state index in [-0.39, 0.29) is 32.5 Å². The van der Waals surface area contributed by atoms with E-state index in [0.29, 0.717) is 48.3 Å². The van der Waals surface area contributed by atoms with Crippen LogP contribution in [0.5, 0.6) is 0 Å². The summed E-state index contributed by atoms with van der Waals surface area (Å²) in [5.74, 6) is 0. The molecule has 2 aromatic carbocycles. The predicted octanol–water partition coefficient (Wildman–Crippen LogP) is 20.0. The number of nitrogens with zero attached hydrogens (tertiary/aromatic N) is 4. The molecule has 0 heterocycles. The van der Waals surface area contributed by atoms with Crippen molar-refractivity contribution in [2.75, 3.05) is 0 Å². The van der Waals surface area contributed by atoms with Crippen LogP contribution in [-0.4, -0.2) is 76.0 Å². The van der Waals surface area contributed by atoms with E-state index in [2.05, 4.69) is 278 Å². The van der Waals surface area contributed by atoms with Gasteiger partial charge in [-0.1, -0.05) is 196 Å². The molecule has 0 aliphatic carbocycles. The van der Waals surface area contributed by atoms with Crippen molar-refractivity contribution >= 4 is 95.5 Å². The van der Waals surface area contributed by atoms with Gasteiger partial charge in [0, 0.05) is 58.9 Å². The molecule has 0 aliphatic heterocycles. The molecule has 4 nitrogen and oxygen atoms in total. The minimum atomic E-state index is -2.44. The molecule has 0 atom stereocenters. The predicted molar refractivity (Wildman–Crippen MR) is 357 cm³/mol. The first-order chi connectivity index (χ1) is 32.8. The summed E-state index contributed by atoms with van der Waals surface area (Å²) in [6.07, 6.45) is -4.88. The Morgan fingerprint density at radius 3 is 0.595 bits per heavy atom. The first kappa shape index (κ1) is 72.5. The summed E-state index contributed by atoms with van der Waals surface area (Å²) in [4.78, 5) is 0. The van der Waals surface area contributed by atoms with Crippen LogP contribution in [0, 0.1) is 0 Å². The van der Waals surface area contributed by atoms with Crippen molar-refractivity contribution in [1.29, 1.82) is 0 Å². The molecule has 0 amide bonds. The topological polar surface area (TPSA) is 13.0 Å². The van der Waals surface area contributed by atoms with Crippen LogP contribution in [0.15, 0.2) is 24.3 Å². The second kappa shape index (κ2) is 26.6. The summed E-state index contributed by atoms with van der Waals surface area (Å²) in [6, 6.07) is 12.1. The summed E-state index contributed by atoms with van der Waals surface area (Å²) in [5.41, 5.74) is 8.35. The van der Waals surface area contributed by atoms with Crippen LogP contribution in [0.3, 0.4) is 0 Å². The molecule has 0 saturated heterocycles. The Kier molecular flexibility index (Phi) is 26.1. The van der Waals surface area contributed by atoms with Crippen molar-refractivity contribution in [3.8, 4) is 0 Å². The van der Waals surface area contributed by atoms with Crippen LogP contribution < -0.4 is 10.6 Å². The van der Waals surface area contributed by atoms with Crippen molar-refractivity contribution in [3.63, 3.8) is 0 Å². The zero-order valence-electron chi connectivity index (χ0n) is 54.1. The summed E-state index contributed by atoms with van der Waals surface area (Å²) >= 11 is 28.9. The largest absolute Gasteiger partial charge is 0.254 e. The highest BCUT2D eigenvalue weighted by Crippen LogP contribution is 2.63. The SMILES string of the molecule is CC(C)N(C(C)C)P(=S)(C(Cl)=Pc1c(C(C)(C)C)cc(C(C)(C)C)cc1C(C)(C)C)N(C(C)C)C(C)C.CC(C)N(C(C)C)P(=S)(C(Cl)=Pc1c(C(C)(C)C)cc(C(C)(C)C)cc1C(C)(C)C)N(C(C)C)C(C)C. The van der Waals surface area contributed by atoms with Crippen molar-refractivity contribution in [3.05, 3.63) is 57.6 Å². The Balaban J connectivity index is 0.000000740. The van der Waals surface area contributed by atoms with Crippen LogP contribution in [0.1, 0.15) is 269 Å². The van der Waals surface area contributed by atoms with Gasteiger partial charge in [-0.15, -0.1) is 0 Å². The number of hydrogen-bond acceptors (Lipinski definition) is 2. The number of benzene rings is 2. The lowest BCUT2D eigenvalue weighted by molar-refractivity contribution is 0.260. The third kappa shape index (κ3) is 17.8. The standard InChI is InChI=1S/2C31H57ClN2P2S/c2*1-20(2)33(21(3)4)36(37,34(22(5)6)23(7)8)28(32)35-27-25(30(12,13)14)18-24(29(9,10)11)19-26(27)31(15,16)17/h2*18-23H,1-17H3. The fraction of sp³-hybridized carbons (Fsp3) is 0.774. The van der Waals surface area contributed by atoms with Gasteiger partial charge in [-0.3, -0.25) is 18.7 Å². The van der Waals surface area contributed by atoms with Gasteiger partial charge in [0.15, 0.2) is 0 Å². The average molecular weight is 1170 g/mol. The Hall–Kier alpha value is 0.500. The summed E-state index contributed by atoms with van der Waals surface area (Å²) in [5, 5.41) is 2.68. The van der Waals surface area contributed by atoms with E-state index in [4.69, 9.17) is 46.8 Å². The molecule has 74 heavy (non-hydrogen) atoms. The van der Waals surface area contributed by atoms with Crippen LogP contribution >= 0.6 is 52.3 Å². The zero-order valence-corrected chi connectivity index (χ0v) is 60.8. The van der Waals surface area contributed by atoms with Crippen LogP contribution in [-0.2, 0) is 56.1 Å². The quantitative estimate of drug-likeness (QED) is 0.154. The van der Waals surface area contributed by atoms with Crippen molar-refractivity contribution < 1.29 is 0 Å². The molecule has 0 fully saturated rings. The Morgan fingerprint density at radius 2 is 0.486 bits per heavy atom. The molecular formula is C62H114Cl2N4P4S2. The van der Waals surface area contributed by atoms with E-state index in [1.165, 1.54) is 44.0 Å². The summed E-state index contributed by atoms with van der Waals surface area (Å²) in [6.45, 7) is 78.0. The second-order valence-corrected chi connectivity index (χ2v) is 42.2. The second-order valence-electron chi connectivity index (χ2n) is 29.5. The van der Waals surface area contributed by atoms with E-state index >= 15 is 0 Å². The van der Waals surface area contributed by atoms with Crippen LogP contribution in [0.4, 0.5) is 0 Å². The maximum atomic E-state index is 7.63. The number of halogens is 2. The molecule has 0 aromatic heterocycles. The maximum absolute atomic E-state index is 7.63. The molecule has 0 aliphatic rings. The van der Waals surface area contributed by atoms with E-state index in [1.54, 1.807) is 0 Å². The molecule has 0 N–H and O–H groups in total. The van der Waals surface area contributed by atoms with Gasteiger partial charge < -0.3 is 0 Å². The average Bonchev–Trinajstić information content (AvgIpc) is 3.14. The van der Waals surface area contributed by atoms with E-state index in [0.717, 1.165) is 25.4 Å². The van der Waals surface area contributed by atoms with Gasteiger partial charge >= 0.3 is 0 Å². The van der Waals surface area contributed by atoms with Gasteiger partial charge in [0.2, 0.25) is 0 Å².